The monoisotopic (exact) mass is 261 g/mol. The molecule has 19 heavy (non-hydrogen) atoms. The Hall–Kier alpha value is -1.68. The van der Waals surface area contributed by atoms with Crippen molar-refractivity contribution < 1.29 is 14.3 Å². The van der Waals surface area contributed by atoms with Crippen LogP contribution in [0.4, 0.5) is 0 Å². The fraction of sp³-hybridized carbons (Fsp3) is 0.467. The Morgan fingerprint density at radius 1 is 1.32 bits per heavy atom. The number of carbonyl (C=O) groups is 2. The minimum Gasteiger partial charge on any atom is -0.376 e. The van der Waals surface area contributed by atoms with Crippen molar-refractivity contribution in [2.75, 3.05) is 13.2 Å². The van der Waals surface area contributed by atoms with Crippen LogP contribution >= 0.6 is 0 Å². The standard InChI is InChI=1S/C15H19NO3/c1-2-11-5-7-12(8-6-11)14(17)15(18)16-10-13-4-3-9-19-13/h5-8,13H,2-4,9-10H2,1H3,(H,16,18). The number of hydrogen-bond donors (Lipinski definition) is 1. The zero-order valence-electron chi connectivity index (χ0n) is 11.1. The number of Topliss-reactive ketones (excluding diaryl/α,β-unsaturated/α-hetero) is 1. The quantitative estimate of drug-likeness (QED) is 0.648. The molecule has 4 heteroatoms. The van der Waals surface area contributed by atoms with Gasteiger partial charge in [0, 0.05) is 18.7 Å². The van der Waals surface area contributed by atoms with Gasteiger partial charge in [0.25, 0.3) is 5.91 Å². The molecular weight excluding hydrogens is 242 g/mol. The lowest BCUT2D eigenvalue weighted by atomic mass is 10.1. The van der Waals surface area contributed by atoms with Crippen LogP contribution in [0, 0.1) is 0 Å². The van der Waals surface area contributed by atoms with Gasteiger partial charge in [0.2, 0.25) is 5.78 Å². The molecule has 0 aromatic heterocycles. The zero-order valence-corrected chi connectivity index (χ0v) is 11.1. The van der Waals surface area contributed by atoms with Crippen LogP contribution in [0.2, 0.25) is 0 Å². The van der Waals surface area contributed by atoms with Crippen LogP contribution in [0.5, 0.6) is 0 Å². The van der Waals surface area contributed by atoms with Crippen LogP contribution in [0.1, 0.15) is 35.7 Å². The molecule has 1 aromatic rings. The van der Waals surface area contributed by atoms with Crippen molar-refractivity contribution in [1.29, 1.82) is 0 Å². The van der Waals surface area contributed by atoms with Crippen molar-refractivity contribution in [3.8, 4) is 0 Å². The Morgan fingerprint density at radius 3 is 2.63 bits per heavy atom. The van der Waals surface area contributed by atoms with Crippen molar-refractivity contribution in [2.24, 2.45) is 0 Å². The summed E-state index contributed by atoms with van der Waals surface area (Å²) in [5.74, 6) is -1.04. The number of rotatable bonds is 5. The first-order valence-electron chi connectivity index (χ1n) is 6.73. The summed E-state index contributed by atoms with van der Waals surface area (Å²) in [6.45, 7) is 3.20. The van der Waals surface area contributed by atoms with Gasteiger partial charge >= 0.3 is 0 Å². The maximum Gasteiger partial charge on any atom is 0.292 e. The van der Waals surface area contributed by atoms with Gasteiger partial charge in [-0.15, -0.1) is 0 Å². The van der Waals surface area contributed by atoms with Gasteiger partial charge < -0.3 is 10.1 Å². The van der Waals surface area contributed by atoms with Crippen molar-refractivity contribution >= 4 is 11.7 Å². The average Bonchev–Trinajstić information content (AvgIpc) is 2.97. The van der Waals surface area contributed by atoms with Crippen LogP contribution in [0.15, 0.2) is 24.3 Å². The second kappa shape index (κ2) is 6.48. The smallest absolute Gasteiger partial charge is 0.292 e. The minimum absolute atomic E-state index is 0.0548. The first-order chi connectivity index (χ1) is 9.20. The number of carbonyl (C=O) groups excluding carboxylic acids is 2. The molecule has 1 amide bonds. The van der Waals surface area contributed by atoms with Crippen molar-refractivity contribution in [3.63, 3.8) is 0 Å². The van der Waals surface area contributed by atoms with E-state index in [0.29, 0.717) is 12.1 Å². The highest BCUT2D eigenvalue weighted by Gasteiger charge is 2.20. The predicted molar refractivity (Wildman–Crippen MR) is 72.1 cm³/mol. The third-order valence-electron chi connectivity index (χ3n) is 3.34. The highest BCUT2D eigenvalue weighted by atomic mass is 16.5. The number of benzene rings is 1. The van der Waals surface area contributed by atoms with Crippen molar-refractivity contribution in [1.82, 2.24) is 5.32 Å². The molecule has 0 bridgehead atoms. The van der Waals surface area contributed by atoms with E-state index in [-0.39, 0.29) is 6.10 Å². The highest BCUT2D eigenvalue weighted by molar-refractivity contribution is 6.42. The molecule has 1 fully saturated rings. The van der Waals surface area contributed by atoms with Crippen LogP contribution in [-0.4, -0.2) is 30.9 Å². The summed E-state index contributed by atoms with van der Waals surface area (Å²) in [4.78, 5) is 23.6. The lowest BCUT2D eigenvalue weighted by Gasteiger charge is -2.10. The van der Waals surface area contributed by atoms with Crippen LogP contribution in [-0.2, 0) is 16.0 Å². The number of amides is 1. The van der Waals surface area contributed by atoms with Gasteiger partial charge in [0.1, 0.15) is 0 Å². The highest BCUT2D eigenvalue weighted by Crippen LogP contribution is 2.11. The maximum absolute atomic E-state index is 11.9. The SMILES string of the molecule is CCc1ccc(C(=O)C(=O)NCC2CCCO2)cc1. The Labute approximate surface area is 113 Å². The summed E-state index contributed by atoms with van der Waals surface area (Å²) in [5.41, 5.74) is 1.58. The van der Waals surface area contributed by atoms with Gasteiger partial charge in [-0.1, -0.05) is 31.2 Å². The fourth-order valence-electron chi connectivity index (χ4n) is 2.12. The third-order valence-corrected chi connectivity index (χ3v) is 3.34. The van der Waals surface area contributed by atoms with E-state index in [1.807, 2.05) is 19.1 Å². The van der Waals surface area contributed by atoms with Gasteiger partial charge in [-0.05, 0) is 24.8 Å². The normalized spacial score (nSPS) is 18.3. The van der Waals surface area contributed by atoms with E-state index in [1.54, 1.807) is 12.1 Å². The fourth-order valence-corrected chi connectivity index (χ4v) is 2.12. The Balaban J connectivity index is 1.88. The van der Waals surface area contributed by atoms with E-state index >= 15 is 0 Å². The number of ketones is 1. The zero-order chi connectivity index (χ0) is 13.7. The van der Waals surface area contributed by atoms with Crippen molar-refractivity contribution in [3.05, 3.63) is 35.4 Å². The summed E-state index contributed by atoms with van der Waals surface area (Å²) < 4.78 is 5.39. The molecule has 1 heterocycles. The van der Waals surface area contributed by atoms with Gasteiger partial charge in [-0.25, -0.2) is 0 Å². The van der Waals surface area contributed by atoms with Gasteiger partial charge in [0.15, 0.2) is 0 Å². The van der Waals surface area contributed by atoms with E-state index in [1.165, 1.54) is 0 Å². The number of nitrogens with one attached hydrogen (secondary N) is 1. The molecular formula is C15H19NO3. The molecule has 0 aliphatic carbocycles. The average molecular weight is 261 g/mol. The second-order valence-electron chi connectivity index (χ2n) is 4.72. The Bertz CT molecular complexity index is 447. The lowest BCUT2D eigenvalue weighted by Crippen LogP contribution is -2.36. The van der Waals surface area contributed by atoms with Crippen LogP contribution in [0.25, 0.3) is 0 Å². The first kappa shape index (κ1) is 13.7. The third kappa shape index (κ3) is 3.64. The van der Waals surface area contributed by atoms with E-state index in [9.17, 15) is 9.59 Å². The Kier molecular flexibility index (Phi) is 4.68. The topological polar surface area (TPSA) is 55.4 Å². The molecule has 102 valence electrons. The van der Waals surface area contributed by atoms with E-state index in [4.69, 9.17) is 4.74 Å². The van der Waals surface area contributed by atoms with E-state index in [2.05, 4.69) is 5.32 Å². The molecule has 1 N–H and O–H groups in total. The van der Waals surface area contributed by atoms with Crippen LogP contribution in [0.3, 0.4) is 0 Å². The number of aryl methyl sites for hydroxylation is 1. The first-order valence-corrected chi connectivity index (χ1v) is 6.73. The molecule has 1 unspecified atom stereocenters. The van der Waals surface area contributed by atoms with E-state index in [0.717, 1.165) is 31.4 Å². The van der Waals surface area contributed by atoms with Crippen molar-refractivity contribution in [2.45, 2.75) is 32.3 Å². The van der Waals surface area contributed by atoms with Gasteiger partial charge in [0.05, 0.1) is 6.10 Å². The Morgan fingerprint density at radius 2 is 2.05 bits per heavy atom. The maximum atomic E-state index is 11.9. The number of hydrogen-bond acceptors (Lipinski definition) is 3. The molecule has 2 rings (SSSR count). The summed E-state index contributed by atoms with van der Waals surface area (Å²) in [6, 6.07) is 7.15. The molecule has 1 aromatic carbocycles. The van der Waals surface area contributed by atoms with Gasteiger partial charge in [-0.2, -0.15) is 0 Å². The second-order valence-corrected chi connectivity index (χ2v) is 4.72. The summed E-state index contributed by atoms with van der Waals surface area (Å²) in [6.07, 6.45) is 2.94. The summed E-state index contributed by atoms with van der Waals surface area (Å²) >= 11 is 0. The lowest BCUT2D eigenvalue weighted by molar-refractivity contribution is -0.117. The molecule has 0 saturated carbocycles. The molecule has 4 nitrogen and oxygen atoms in total. The van der Waals surface area contributed by atoms with Crippen LogP contribution < -0.4 is 5.32 Å². The molecule has 1 aliphatic heterocycles. The summed E-state index contributed by atoms with van der Waals surface area (Å²) in [7, 11) is 0. The summed E-state index contributed by atoms with van der Waals surface area (Å²) in [5, 5.41) is 2.64. The molecule has 0 radical (unpaired) electrons. The molecule has 0 spiro atoms. The predicted octanol–water partition coefficient (Wildman–Crippen LogP) is 1.73. The molecule has 1 saturated heterocycles. The van der Waals surface area contributed by atoms with E-state index < -0.39 is 11.7 Å². The molecule has 1 aliphatic rings. The minimum atomic E-state index is -0.556. The van der Waals surface area contributed by atoms with Gasteiger partial charge in [-0.3, -0.25) is 9.59 Å². The largest absolute Gasteiger partial charge is 0.376 e. The molecule has 1 atom stereocenters. The number of ether oxygens (including phenoxy) is 1.